The van der Waals surface area contributed by atoms with E-state index in [9.17, 15) is 0 Å². The van der Waals surface area contributed by atoms with Gasteiger partial charge in [0.05, 0.1) is 22.1 Å². The lowest BCUT2D eigenvalue weighted by atomic mass is 10.00. The number of aromatic nitrogens is 2. The number of nitrogens with zero attached hydrogens (tertiary/aromatic N) is 2. The summed E-state index contributed by atoms with van der Waals surface area (Å²) in [5, 5.41) is 10.2. The fourth-order valence-electron chi connectivity index (χ4n) is 9.17. The predicted molar refractivity (Wildman–Crippen MR) is 220 cm³/mol. The van der Waals surface area contributed by atoms with E-state index in [1.807, 2.05) is 0 Å². The van der Waals surface area contributed by atoms with E-state index in [1.54, 1.807) is 0 Å². The van der Waals surface area contributed by atoms with Gasteiger partial charge in [-0.15, -0.1) is 0 Å². The lowest BCUT2D eigenvalue weighted by Crippen LogP contribution is -1.95. The Balaban J connectivity index is 1.08. The van der Waals surface area contributed by atoms with Crippen molar-refractivity contribution in [3.8, 4) is 44.8 Å². The third-order valence-electron chi connectivity index (χ3n) is 11.4. The van der Waals surface area contributed by atoms with Crippen molar-refractivity contribution in [2.45, 2.75) is 0 Å². The minimum atomic E-state index is 1.17. The first-order valence-electron chi connectivity index (χ1n) is 18.0. The highest BCUT2D eigenvalue weighted by Crippen LogP contribution is 2.49. The van der Waals surface area contributed by atoms with E-state index in [-0.39, 0.29) is 0 Å². The summed E-state index contributed by atoms with van der Waals surface area (Å²) in [7, 11) is 0. The Hall–Kier alpha value is -6.90. The van der Waals surface area contributed by atoms with Crippen LogP contribution in [0.3, 0.4) is 0 Å². The maximum absolute atomic E-state index is 2.46. The van der Waals surface area contributed by atoms with E-state index in [0.717, 1.165) is 0 Å². The molecule has 0 fully saturated rings. The van der Waals surface area contributed by atoms with Crippen molar-refractivity contribution in [2.75, 3.05) is 0 Å². The zero-order valence-corrected chi connectivity index (χ0v) is 28.2. The summed E-state index contributed by atoms with van der Waals surface area (Å²) in [6.45, 7) is 0. The molecular formula is C50H30N2. The molecule has 0 amide bonds. The molecule has 0 radical (unpaired) electrons. The highest BCUT2D eigenvalue weighted by atomic mass is 15.0. The molecule has 0 saturated carbocycles. The van der Waals surface area contributed by atoms with Crippen LogP contribution in [0.5, 0.6) is 0 Å². The molecule has 2 heterocycles. The van der Waals surface area contributed by atoms with Crippen molar-refractivity contribution in [1.29, 1.82) is 0 Å². The van der Waals surface area contributed by atoms with Crippen molar-refractivity contribution >= 4 is 65.2 Å². The number of fused-ring (bicyclic) bond motifs is 11. The van der Waals surface area contributed by atoms with Crippen LogP contribution in [0, 0.1) is 0 Å². The highest BCUT2D eigenvalue weighted by Gasteiger charge is 2.23. The van der Waals surface area contributed by atoms with Gasteiger partial charge in [0.1, 0.15) is 0 Å². The lowest BCUT2D eigenvalue weighted by molar-refractivity contribution is 1.19. The van der Waals surface area contributed by atoms with Gasteiger partial charge < -0.3 is 9.13 Å². The Morgan fingerprint density at radius 3 is 1.73 bits per heavy atom. The van der Waals surface area contributed by atoms with Crippen LogP contribution < -0.4 is 0 Å². The Morgan fingerprint density at radius 2 is 0.904 bits per heavy atom. The van der Waals surface area contributed by atoms with Crippen LogP contribution in [-0.4, -0.2) is 9.13 Å². The number of para-hydroxylation sites is 2. The van der Waals surface area contributed by atoms with E-state index in [4.69, 9.17) is 0 Å². The third kappa shape index (κ3) is 3.73. The molecule has 1 aliphatic carbocycles. The normalized spacial score (nSPS) is 12.2. The Morgan fingerprint density at radius 1 is 0.288 bits per heavy atom. The molecule has 0 unspecified atom stereocenters. The van der Waals surface area contributed by atoms with Gasteiger partial charge in [-0.3, -0.25) is 0 Å². The van der Waals surface area contributed by atoms with Crippen LogP contribution in [0.4, 0.5) is 0 Å². The number of hydrogen-bond donors (Lipinski definition) is 0. The van der Waals surface area contributed by atoms with E-state index in [0.29, 0.717) is 0 Å². The highest BCUT2D eigenvalue weighted by molar-refractivity contribution is 6.20. The van der Waals surface area contributed by atoms with E-state index in [2.05, 4.69) is 191 Å². The molecule has 240 valence electrons. The zero-order chi connectivity index (χ0) is 33.9. The first-order valence-corrected chi connectivity index (χ1v) is 18.0. The van der Waals surface area contributed by atoms with E-state index >= 15 is 0 Å². The first kappa shape index (κ1) is 27.9. The Kier molecular flexibility index (Phi) is 5.53. The number of hydrogen-bond acceptors (Lipinski definition) is 0. The quantitative estimate of drug-likeness (QED) is 0.179. The minimum Gasteiger partial charge on any atom is -0.309 e. The van der Waals surface area contributed by atoms with E-state index in [1.165, 1.54) is 110 Å². The van der Waals surface area contributed by atoms with E-state index < -0.39 is 0 Å². The Labute approximate surface area is 300 Å². The van der Waals surface area contributed by atoms with Crippen molar-refractivity contribution in [1.82, 2.24) is 9.13 Å². The summed E-state index contributed by atoms with van der Waals surface area (Å²) in [4.78, 5) is 0. The molecule has 9 aromatic carbocycles. The summed E-state index contributed by atoms with van der Waals surface area (Å²) in [6.07, 6.45) is 0. The van der Waals surface area contributed by atoms with Gasteiger partial charge in [-0.25, -0.2) is 0 Å². The van der Waals surface area contributed by atoms with Gasteiger partial charge in [0, 0.05) is 38.3 Å². The second kappa shape index (κ2) is 10.3. The average molecular weight is 659 g/mol. The Bertz CT molecular complexity index is 3290. The zero-order valence-electron chi connectivity index (χ0n) is 28.2. The van der Waals surface area contributed by atoms with Crippen LogP contribution in [0.15, 0.2) is 182 Å². The topological polar surface area (TPSA) is 9.86 Å². The average Bonchev–Trinajstić information content (AvgIpc) is 3.84. The molecule has 0 saturated heterocycles. The standard InChI is InChI=1S/C50H30N2/c1-2-13-35(14-3-1)52-48-26-23-33(29-44(48)42-24-21-31-11-4-5-15-37(31)50(42)52)32-22-25-47-43(28-32)40-18-8-9-20-46(40)51(47)36-27-34-12-10-19-41-38-16-6-7-17-39(38)45(30-36)49(34)41/h1-30H. The molecule has 2 heteroatoms. The first-order chi connectivity index (χ1) is 25.8. The van der Waals surface area contributed by atoms with Gasteiger partial charge in [0.2, 0.25) is 0 Å². The second-order valence-electron chi connectivity index (χ2n) is 14.1. The predicted octanol–water partition coefficient (Wildman–Crippen LogP) is 13.5. The molecule has 0 aliphatic heterocycles. The molecule has 12 rings (SSSR count). The lowest BCUT2D eigenvalue weighted by Gasteiger charge is -2.12. The second-order valence-corrected chi connectivity index (χ2v) is 14.1. The van der Waals surface area contributed by atoms with Gasteiger partial charge in [-0.05, 0) is 104 Å². The molecular weight excluding hydrogens is 629 g/mol. The largest absolute Gasteiger partial charge is 0.309 e. The van der Waals surface area contributed by atoms with Crippen LogP contribution >= 0.6 is 0 Å². The van der Waals surface area contributed by atoms with Crippen LogP contribution in [0.25, 0.3) is 110 Å². The molecule has 0 spiro atoms. The monoisotopic (exact) mass is 658 g/mol. The van der Waals surface area contributed by atoms with Crippen molar-refractivity contribution in [2.24, 2.45) is 0 Å². The van der Waals surface area contributed by atoms with Gasteiger partial charge in [0.25, 0.3) is 0 Å². The number of rotatable bonds is 3. The van der Waals surface area contributed by atoms with Crippen molar-refractivity contribution in [3.63, 3.8) is 0 Å². The van der Waals surface area contributed by atoms with Gasteiger partial charge in [0.15, 0.2) is 0 Å². The number of benzene rings is 9. The minimum absolute atomic E-state index is 1.17. The van der Waals surface area contributed by atoms with Crippen molar-refractivity contribution in [3.05, 3.63) is 182 Å². The summed E-state index contributed by atoms with van der Waals surface area (Å²) < 4.78 is 4.89. The molecule has 0 bridgehead atoms. The molecule has 0 N–H and O–H groups in total. The summed E-state index contributed by atoms with van der Waals surface area (Å²) in [5.41, 5.74) is 15.0. The molecule has 52 heavy (non-hydrogen) atoms. The summed E-state index contributed by atoms with van der Waals surface area (Å²) >= 11 is 0. The van der Waals surface area contributed by atoms with Gasteiger partial charge in [-0.1, -0.05) is 127 Å². The molecule has 11 aromatic rings. The summed E-state index contributed by atoms with van der Waals surface area (Å²) in [6, 6.07) is 67.2. The summed E-state index contributed by atoms with van der Waals surface area (Å²) in [5.74, 6) is 0. The smallest absolute Gasteiger partial charge is 0.0619 e. The third-order valence-corrected chi connectivity index (χ3v) is 11.4. The fraction of sp³-hybridized carbons (Fsp3) is 0. The fourth-order valence-corrected chi connectivity index (χ4v) is 9.17. The van der Waals surface area contributed by atoms with Gasteiger partial charge >= 0.3 is 0 Å². The molecule has 0 atom stereocenters. The van der Waals surface area contributed by atoms with Crippen molar-refractivity contribution < 1.29 is 0 Å². The van der Waals surface area contributed by atoms with Crippen LogP contribution in [0.1, 0.15) is 0 Å². The maximum atomic E-state index is 2.46. The van der Waals surface area contributed by atoms with Crippen LogP contribution in [0.2, 0.25) is 0 Å². The molecule has 1 aliphatic rings. The maximum Gasteiger partial charge on any atom is 0.0619 e. The SMILES string of the molecule is c1ccc(-n2c3ccc(-c4ccc5c(c4)c4ccccc4n5-c4cc5c6c(cccc6c4)-c4ccccc4-5)cc3c3ccc4ccccc4c32)cc1. The molecule has 2 aromatic heterocycles. The van der Waals surface area contributed by atoms with Crippen LogP contribution in [-0.2, 0) is 0 Å². The van der Waals surface area contributed by atoms with Gasteiger partial charge in [-0.2, -0.15) is 0 Å². The molecule has 2 nitrogen and oxygen atoms in total.